The summed E-state index contributed by atoms with van der Waals surface area (Å²) in [5, 5.41) is 64.4. The second-order valence-electron chi connectivity index (χ2n) is 9.67. The molecule has 0 aromatic rings. The van der Waals surface area contributed by atoms with Gasteiger partial charge in [-0.2, -0.15) is 0 Å². The fourth-order valence-corrected chi connectivity index (χ4v) is 5.01. The first-order valence-corrected chi connectivity index (χ1v) is 12.5. The van der Waals surface area contributed by atoms with Crippen LogP contribution < -0.4 is 16.8 Å². The molecule has 1 amide bonds. The summed E-state index contributed by atoms with van der Waals surface area (Å²) in [5.41, 5.74) is 12.2. The fraction of sp³-hybridized carbons (Fsp3) is 0.955. The molecule has 228 valence electrons. The van der Waals surface area contributed by atoms with Crippen molar-refractivity contribution in [3.05, 3.63) is 0 Å². The number of aliphatic hydroxyl groups excluding tert-OH is 6. The lowest BCUT2D eigenvalue weighted by molar-refractivity contribution is -0.350. The number of amides is 1. The van der Waals surface area contributed by atoms with E-state index in [1.807, 2.05) is 0 Å². The molecule has 17 nitrogen and oxygen atoms in total. The zero-order chi connectivity index (χ0) is 29.0. The highest BCUT2D eigenvalue weighted by molar-refractivity contribution is 5.73. The lowest BCUT2D eigenvalue weighted by Crippen LogP contribution is -2.70. The number of hydrogen-bond donors (Lipinski definition) is 9. The second-order valence-corrected chi connectivity index (χ2v) is 9.67. The monoisotopic (exact) mass is 571 g/mol. The number of nitrogens with one attached hydrogen (secondary N) is 1. The predicted octanol–water partition coefficient (Wildman–Crippen LogP) is -6.19. The van der Waals surface area contributed by atoms with Gasteiger partial charge in [-0.15, -0.1) is 0 Å². The van der Waals surface area contributed by atoms with Crippen LogP contribution in [0.4, 0.5) is 0 Å². The minimum absolute atomic E-state index is 0.485. The van der Waals surface area contributed by atoms with E-state index < -0.39 is 118 Å². The van der Waals surface area contributed by atoms with Crippen LogP contribution in [0, 0.1) is 0 Å². The zero-order valence-electron chi connectivity index (χ0n) is 21.9. The van der Waals surface area contributed by atoms with Crippen LogP contribution in [-0.2, 0) is 38.0 Å². The Morgan fingerprint density at radius 1 is 0.718 bits per heavy atom. The van der Waals surface area contributed by atoms with Crippen LogP contribution in [-0.4, -0.2) is 163 Å². The van der Waals surface area contributed by atoms with Crippen molar-refractivity contribution < 1.29 is 68.6 Å². The van der Waals surface area contributed by atoms with Gasteiger partial charge in [-0.25, -0.2) is 0 Å². The summed E-state index contributed by atoms with van der Waals surface area (Å²) in [6.45, 7) is -0.584. The van der Waals surface area contributed by atoms with Crippen LogP contribution in [0.1, 0.15) is 6.92 Å². The molecule has 17 heteroatoms. The third kappa shape index (κ3) is 6.85. The van der Waals surface area contributed by atoms with Crippen LogP contribution in [0.25, 0.3) is 0 Å². The quantitative estimate of drug-likeness (QED) is 0.118. The minimum atomic E-state index is -1.55. The Labute approximate surface area is 224 Å². The van der Waals surface area contributed by atoms with Crippen molar-refractivity contribution in [2.45, 2.75) is 98.9 Å². The zero-order valence-corrected chi connectivity index (χ0v) is 21.9. The van der Waals surface area contributed by atoms with Crippen molar-refractivity contribution in [2.75, 3.05) is 34.0 Å². The molecule has 3 fully saturated rings. The van der Waals surface area contributed by atoms with E-state index in [9.17, 15) is 35.4 Å². The summed E-state index contributed by atoms with van der Waals surface area (Å²) in [5.74, 6) is -0.485. The van der Waals surface area contributed by atoms with E-state index >= 15 is 0 Å². The molecule has 0 aromatic heterocycles. The average Bonchev–Trinajstić information content (AvgIpc) is 2.92. The molecule has 12 unspecified atom stereocenters. The third-order valence-electron chi connectivity index (χ3n) is 7.11. The van der Waals surface area contributed by atoms with E-state index in [4.69, 9.17) is 44.6 Å². The summed E-state index contributed by atoms with van der Waals surface area (Å²) < 4.78 is 39.0. The molecule has 3 saturated heterocycles. The first kappa shape index (κ1) is 32.4. The Balaban J connectivity index is 1.75. The maximum atomic E-state index is 11.7. The Kier molecular flexibility index (Phi) is 11.8. The molecule has 0 aromatic carbocycles. The van der Waals surface area contributed by atoms with Gasteiger partial charge in [0.1, 0.15) is 61.0 Å². The van der Waals surface area contributed by atoms with Crippen molar-refractivity contribution >= 4 is 5.91 Å². The van der Waals surface area contributed by atoms with Gasteiger partial charge in [0.2, 0.25) is 5.91 Å². The fourth-order valence-electron chi connectivity index (χ4n) is 5.01. The lowest BCUT2D eigenvalue weighted by Gasteiger charge is -2.49. The number of methoxy groups -OCH3 is 2. The average molecular weight is 572 g/mol. The summed E-state index contributed by atoms with van der Waals surface area (Å²) >= 11 is 0. The van der Waals surface area contributed by atoms with Gasteiger partial charge < -0.3 is 80.6 Å². The van der Waals surface area contributed by atoms with Crippen LogP contribution in [0.15, 0.2) is 0 Å². The van der Waals surface area contributed by atoms with Crippen LogP contribution in [0.5, 0.6) is 0 Å². The summed E-state index contributed by atoms with van der Waals surface area (Å²) in [7, 11) is 2.61. The van der Waals surface area contributed by atoms with Crippen molar-refractivity contribution in [1.82, 2.24) is 5.32 Å². The maximum absolute atomic E-state index is 11.7. The highest BCUT2D eigenvalue weighted by Gasteiger charge is 2.53. The van der Waals surface area contributed by atoms with E-state index in [-0.39, 0.29) is 0 Å². The Bertz CT molecular complexity index is 780. The van der Waals surface area contributed by atoms with Crippen molar-refractivity contribution in [3.63, 3.8) is 0 Å². The Morgan fingerprint density at radius 3 is 1.54 bits per heavy atom. The van der Waals surface area contributed by atoms with Gasteiger partial charge in [-0.05, 0) is 0 Å². The van der Waals surface area contributed by atoms with E-state index in [1.165, 1.54) is 21.1 Å². The molecule has 0 spiro atoms. The number of aliphatic hydroxyl groups is 6. The van der Waals surface area contributed by atoms with Crippen molar-refractivity contribution in [2.24, 2.45) is 11.5 Å². The third-order valence-corrected chi connectivity index (χ3v) is 7.11. The van der Waals surface area contributed by atoms with Crippen molar-refractivity contribution in [1.29, 1.82) is 0 Å². The molecule has 0 saturated carbocycles. The van der Waals surface area contributed by atoms with Crippen molar-refractivity contribution in [3.8, 4) is 0 Å². The number of carbonyl (C=O) groups is 1. The molecule has 3 heterocycles. The molecular weight excluding hydrogens is 530 g/mol. The molecule has 3 aliphatic heterocycles. The summed E-state index contributed by atoms with van der Waals surface area (Å²) in [4.78, 5) is 11.7. The van der Waals surface area contributed by atoms with E-state index in [1.54, 1.807) is 0 Å². The standard InChI is InChI=1S/C22H41N3O14/c1-7(29)25-13-16(32)19(10(6-28)37-22(13)34-3)39-21-12(24)15(31)18(9(5-27)36-21)38-20-11(23)14(30)17(33-2)8(4-26)35-20/h8-22,26-28,30-32H,4-6,23-24H2,1-3H3,(H,25,29)/t8?,9?,10?,11?,12?,13?,14?,15-,16?,17?,18?,19?,20+,21?,22-/m1/s1. The van der Waals surface area contributed by atoms with Gasteiger partial charge in [-0.3, -0.25) is 4.79 Å². The minimum Gasteiger partial charge on any atom is -0.394 e. The van der Waals surface area contributed by atoms with Gasteiger partial charge in [0.05, 0.1) is 31.9 Å². The molecule has 3 aliphatic rings. The molecule has 15 atom stereocenters. The first-order valence-electron chi connectivity index (χ1n) is 12.5. The first-order chi connectivity index (χ1) is 18.5. The Morgan fingerprint density at radius 2 is 1.13 bits per heavy atom. The smallest absolute Gasteiger partial charge is 0.217 e. The Hall–Kier alpha value is -1.13. The van der Waals surface area contributed by atoms with Gasteiger partial charge in [0, 0.05) is 21.1 Å². The van der Waals surface area contributed by atoms with Gasteiger partial charge in [-0.1, -0.05) is 0 Å². The number of hydrogen-bond acceptors (Lipinski definition) is 16. The molecule has 0 radical (unpaired) electrons. The molecule has 0 aliphatic carbocycles. The molecule has 0 bridgehead atoms. The van der Waals surface area contributed by atoms with Gasteiger partial charge >= 0.3 is 0 Å². The SMILES string of the molecule is COC1C(CO)O[C@@H](OC2C(CO)OC(OC3C(CO)O[C@@H](OC)C(NC(C)=O)C3O)C(N)[C@H]2O)C(N)C1O. The normalized spacial score (nSPS) is 47.1. The molecule has 39 heavy (non-hydrogen) atoms. The van der Waals surface area contributed by atoms with Gasteiger partial charge in [0.15, 0.2) is 18.9 Å². The topological polar surface area (TPSA) is 267 Å². The number of rotatable bonds is 10. The largest absolute Gasteiger partial charge is 0.394 e. The molecular formula is C22H41N3O14. The van der Waals surface area contributed by atoms with E-state index in [0.717, 1.165) is 0 Å². The molecule has 3 rings (SSSR count). The van der Waals surface area contributed by atoms with Crippen LogP contribution >= 0.6 is 0 Å². The van der Waals surface area contributed by atoms with Gasteiger partial charge in [0.25, 0.3) is 0 Å². The number of carbonyl (C=O) groups excluding carboxylic acids is 1. The highest BCUT2D eigenvalue weighted by Crippen LogP contribution is 2.32. The van der Waals surface area contributed by atoms with Crippen LogP contribution in [0.3, 0.4) is 0 Å². The van der Waals surface area contributed by atoms with E-state index in [2.05, 4.69) is 5.32 Å². The number of nitrogens with two attached hydrogens (primary N) is 2. The maximum Gasteiger partial charge on any atom is 0.217 e. The second kappa shape index (κ2) is 14.2. The molecule has 11 N–H and O–H groups in total. The summed E-state index contributed by atoms with van der Waals surface area (Å²) in [6, 6.07) is -3.57. The summed E-state index contributed by atoms with van der Waals surface area (Å²) in [6.07, 6.45) is -15.1. The van der Waals surface area contributed by atoms with E-state index in [0.29, 0.717) is 0 Å². The highest BCUT2D eigenvalue weighted by atomic mass is 16.7. The number of ether oxygens (including phenoxy) is 7. The lowest BCUT2D eigenvalue weighted by atomic mass is 9.94. The van der Waals surface area contributed by atoms with Crippen LogP contribution in [0.2, 0.25) is 0 Å². The predicted molar refractivity (Wildman–Crippen MR) is 126 cm³/mol.